The smallest absolute Gasteiger partial charge is 0.255 e. The molecule has 2 aromatic heterocycles. The summed E-state index contributed by atoms with van der Waals surface area (Å²) in [4.78, 5) is 21.5. The predicted octanol–water partition coefficient (Wildman–Crippen LogP) is 4.47. The van der Waals surface area contributed by atoms with Crippen molar-refractivity contribution in [2.75, 3.05) is 18.5 Å². The first-order valence-electron chi connectivity index (χ1n) is 9.79. The SMILES string of the molecule is CCOc1ccc(C(=O)Nc2ccc(-n3cnc4ccccc43)nc2)cc1OCC. The highest BCUT2D eigenvalue weighted by Crippen LogP contribution is 2.29. The van der Waals surface area contributed by atoms with Gasteiger partial charge in [-0.05, 0) is 56.3 Å². The number of hydrogen-bond acceptors (Lipinski definition) is 5. The number of hydrogen-bond donors (Lipinski definition) is 1. The number of nitrogens with zero attached hydrogens (tertiary/aromatic N) is 3. The van der Waals surface area contributed by atoms with Crippen LogP contribution in [0.25, 0.3) is 16.9 Å². The first kappa shape index (κ1) is 19.4. The van der Waals surface area contributed by atoms with Crippen LogP contribution < -0.4 is 14.8 Å². The van der Waals surface area contributed by atoms with E-state index in [2.05, 4.69) is 15.3 Å². The van der Waals surface area contributed by atoms with E-state index in [4.69, 9.17) is 9.47 Å². The first-order chi connectivity index (χ1) is 14.7. The van der Waals surface area contributed by atoms with Gasteiger partial charge in [-0.25, -0.2) is 9.97 Å². The van der Waals surface area contributed by atoms with Gasteiger partial charge in [0.1, 0.15) is 12.1 Å². The van der Waals surface area contributed by atoms with E-state index in [-0.39, 0.29) is 5.91 Å². The van der Waals surface area contributed by atoms with Gasteiger partial charge in [0, 0.05) is 5.56 Å². The lowest BCUT2D eigenvalue weighted by molar-refractivity contribution is 0.102. The lowest BCUT2D eigenvalue weighted by atomic mass is 10.2. The zero-order chi connectivity index (χ0) is 20.9. The molecule has 152 valence electrons. The number of benzene rings is 2. The zero-order valence-corrected chi connectivity index (χ0v) is 16.8. The second-order valence-electron chi connectivity index (χ2n) is 6.49. The number of ether oxygens (including phenoxy) is 2. The molecule has 0 unspecified atom stereocenters. The normalized spacial score (nSPS) is 10.7. The third kappa shape index (κ3) is 3.96. The Bertz CT molecular complexity index is 1170. The number of carbonyl (C=O) groups is 1. The summed E-state index contributed by atoms with van der Waals surface area (Å²) in [5.41, 5.74) is 2.95. The molecule has 0 aliphatic carbocycles. The zero-order valence-electron chi connectivity index (χ0n) is 16.8. The molecule has 0 atom stereocenters. The summed E-state index contributed by atoms with van der Waals surface area (Å²) in [6.45, 7) is 4.80. The fraction of sp³-hybridized carbons (Fsp3) is 0.174. The van der Waals surface area contributed by atoms with Gasteiger partial charge < -0.3 is 14.8 Å². The maximum absolute atomic E-state index is 12.7. The summed E-state index contributed by atoms with van der Waals surface area (Å²) in [7, 11) is 0. The molecule has 7 heteroatoms. The number of para-hydroxylation sites is 2. The van der Waals surface area contributed by atoms with Crippen LogP contribution >= 0.6 is 0 Å². The molecule has 0 saturated heterocycles. The Morgan fingerprint density at radius 2 is 1.77 bits per heavy atom. The highest BCUT2D eigenvalue weighted by Gasteiger charge is 2.12. The van der Waals surface area contributed by atoms with Crippen LogP contribution in [0.2, 0.25) is 0 Å². The summed E-state index contributed by atoms with van der Waals surface area (Å²) in [5.74, 6) is 1.64. The molecule has 0 saturated carbocycles. The van der Waals surface area contributed by atoms with E-state index >= 15 is 0 Å². The molecule has 0 bridgehead atoms. The van der Waals surface area contributed by atoms with Gasteiger partial charge in [0.15, 0.2) is 11.5 Å². The van der Waals surface area contributed by atoms with Gasteiger partial charge in [-0.1, -0.05) is 12.1 Å². The number of amides is 1. The average Bonchev–Trinajstić information content (AvgIpc) is 3.20. The van der Waals surface area contributed by atoms with Crippen LogP contribution in [-0.4, -0.2) is 33.7 Å². The molecule has 4 aromatic rings. The number of nitrogens with one attached hydrogen (secondary N) is 1. The molecule has 2 heterocycles. The van der Waals surface area contributed by atoms with Crippen molar-refractivity contribution in [3.05, 3.63) is 72.7 Å². The summed E-state index contributed by atoms with van der Waals surface area (Å²) >= 11 is 0. The number of anilines is 1. The van der Waals surface area contributed by atoms with Gasteiger partial charge >= 0.3 is 0 Å². The van der Waals surface area contributed by atoms with Crippen molar-refractivity contribution in [1.82, 2.24) is 14.5 Å². The third-order valence-electron chi connectivity index (χ3n) is 4.51. The van der Waals surface area contributed by atoms with Crippen molar-refractivity contribution in [1.29, 1.82) is 0 Å². The third-order valence-corrected chi connectivity index (χ3v) is 4.51. The molecule has 4 rings (SSSR count). The second kappa shape index (κ2) is 8.65. The van der Waals surface area contributed by atoms with Crippen LogP contribution in [0.1, 0.15) is 24.2 Å². The molecule has 30 heavy (non-hydrogen) atoms. The fourth-order valence-corrected chi connectivity index (χ4v) is 3.14. The van der Waals surface area contributed by atoms with E-state index in [1.807, 2.05) is 54.8 Å². The van der Waals surface area contributed by atoms with Crippen molar-refractivity contribution in [3.63, 3.8) is 0 Å². The lowest BCUT2D eigenvalue weighted by Gasteiger charge is -2.12. The molecule has 0 aliphatic rings. The minimum absolute atomic E-state index is 0.248. The Morgan fingerprint density at radius 1 is 0.967 bits per heavy atom. The van der Waals surface area contributed by atoms with Gasteiger partial charge in [-0.3, -0.25) is 9.36 Å². The summed E-state index contributed by atoms with van der Waals surface area (Å²) in [5, 5.41) is 2.87. The molecule has 1 amide bonds. The Balaban J connectivity index is 1.52. The maximum Gasteiger partial charge on any atom is 0.255 e. The number of imidazole rings is 1. The minimum Gasteiger partial charge on any atom is -0.490 e. The van der Waals surface area contributed by atoms with E-state index in [9.17, 15) is 4.79 Å². The molecule has 0 radical (unpaired) electrons. The van der Waals surface area contributed by atoms with Gasteiger partial charge in [-0.2, -0.15) is 0 Å². The molecule has 0 spiro atoms. The highest BCUT2D eigenvalue weighted by molar-refractivity contribution is 6.04. The molecule has 1 N–H and O–H groups in total. The Kier molecular flexibility index (Phi) is 5.61. The predicted molar refractivity (Wildman–Crippen MR) is 116 cm³/mol. The van der Waals surface area contributed by atoms with Crippen molar-refractivity contribution in [2.24, 2.45) is 0 Å². The van der Waals surface area contributed by atoms with E-state index in [1.54, 1.807) is 30.7 Å². The fourth-order valence-electron chi connectivity index (χ4n) is 3.14. The first-order valence-corrected chi connectivity index (χ1v) is 9.79. The monoisotopic (exact) mass is 402 g/mol. The molecule has 0 aliphatic heterocycles. The number of rotatable bonds is 7. The van der Waals surface area contributed by atoms with Gasteiger partial charge in [0.05, 0.1) is 36.1 Å². The van der Waals surface area contributed by atoms with Crippen molar-refractivity contribution < 1.29 is 14.3 Å². The van der Waals surface area contributed by atoms with Crippen molar-refractivity contribution in [2.45, 2.75) is 13.8 Å². The van der Waals surface area contributed by atoms with Crippen LogP contribution in [0.3, 0.4) is 0 Å². The van der Waals surface area contributed by atoms with Crippen LogP contribution in [0.5, 0.6) is 11.5 Å². The highest BCUT2D eigenvalue weighted by atomic mass is 16.5. The minimum atomic E-state index is -0.248. The number of pyridine rings is 1. The molecule has 2 aromatic carbocycles. The van der Waals surface area contributed by atoms with Crippen LogP contribution in [0, 0.1) is 0 Å². The van der Waals surface area contributed by atoms with Gasteiger partial charge in [-0.15, -0.1) is 0 Å². The molecular formula is C23H22N4O3. The number of fused-ring (bicyclic) bond motifs is 1. The number of aromatic nitrogens is 3. The molecule has 0 fully saturated rings. The van der Waals surface area contributed by atoms with Crippen molar-refractivity contribution in [3.8, 4) is 17.3 Å². The Labute approximate surface area is 174 Å². The van der Waals surface area contributed by atoms with Crippen LogP contribution in [0.4, 0.5) is 5.69 Å². The average molecular weight is 402 g/mol. The molecule has 7 nitrogen and oxygen atoms in total. The van der Waals surface area contributed by atoms with E-state index in [0.717, 1.165) is 16.9 Å². The van der Waals surface area contributed by atoms with E-state index < -0.39 is 0 Å². The van der Waals surface area contributed by atoms with E-state index in [0.29, 0.717) is 36.0 Å². The summed E-state index contributed by atoms with van der Waals surface area (Å²) < 4.78 is 13.0. The summed E-state index contributed by atoms with van der Waals surface area (Å²) in [6, 6.07) is 16.6. The van der Waals surface area contributed by atoms with E-state index in [1.165, 1.54) is 0 Å². The maximum atomic E-state index is 12.7. The standard InChI is InChI=1S/C23H22N4O3/c1-3-29-20-11-9-16(13-21(20)30-4-2)23(28)26-17-10-12-22(24-14-17)27-15-25-18-7-5-6-8-19(18)27/h5-15H,3-4H2,1-2H3,(H,26,28). The molecular weight excluding hydrogens is 380 g/mol. The quantitative estimate of drug-likeness (QED) is 0.493. The Hall–Kier alpha value is -3.87. The van der Waals surface area contributed by atoms with Crippen molar-refractivity contribution >= 4 is 22.6 Å². The van der Waals surface area contributed by atoms with Crippen LogP contribution in [0.15, 0.2) is 67.1 Å². The largest absolute Gasteiger partial charge is 0.490 e. The van der Waals surface area contributed by atoms with Crippen LogP contribution in [-0.2, 0) is 0 Å². The topological polar surface area (TPSA) is 78.3 Å². The van der Waals surface area contributed by atoms with Gasteiger partial charge in [0.2, 0.25) is 0 Å². The second-order valence-corrected chi connectivity index (χ2v) is 6.49. The Morgan fingerprint density at radius 3 is 2.53 bits per heavy atom. The lowest BCUT2D eigenvalue weighted by Crippen LogP contribution is -2.13. The number of carbonyl (C=O) groups excluding carboxylic acids is 1. The summed E-state index contributed by atoms with van der Waals surface area (Å²) in [6.07, 6.45) is 3.36. The van der Waals surface area contributed by atoms with Gasteiger partial charge in [0.25, 0.3) is 5.91 Å².